The Morgan fingerprint density at radius 2 is 1.84 bits per heavy atom. The zero-order valence-corrected chi connectivity index (χ0v) is 11.9. The first-order chi connectivity index (χ1) is 8.99. The van der Waals surface area contributed by atoms with E-state index in [2.05, 4.69) is 23.8 Å². The summed E-state index contributed by atoms with van der Waals surface area (Å²) in [5, 5.41) is 0.789. The molecule has 0 amide bonds. The molecule has 0 radical (unpaired) electrons. The van der Waals surface area contributed by atoms with Crippen molar-refractivity contribution >= 4 is 11.8 Å². The molecule has 1 aromatic carbocycles. The zero-order chi connectivity index (χ0) is 14.0. The Morgan fingerprint density at radius 1 is 1.21 bits per heavy atom. The highest BCUT2D eigenvalue weighted by atomic mass is 32.2. The summed E-state index contributed by atoms with van der Waals surface area (Å²) < 4.78 is 26.4. The van der Waals surface area contributed by atoms with Crippen LogP contribution >= 0.6 is 11.8 Å². The molecule has 0 aliphatic rings. The number of halogens is 2. The molecule has 0 bridgehead atoms. The molecule has 2 rings (SSSR count). The van der Waals surface area contributed by atoms with Crippen LogP contribution in [0.4, 0.5) is 8.78 Å². The fourth-order valence-electron chi connectivity index (χ4n) is 1.76. The molecule has 2 nitrogen and oxygen atoms in total. The number of hydrogen-bond donors (Lipinski definition) is 1. The van der Waals surface area contributed by atoms with Crippen molar-refractivity contribution in [3.8, 4) is 0 Å². The molecule has 102 valence electrons. The number of nitrogens with zero attached hydrogens (tertiary/aromatic N) is 1. The number of aromatic nitrogens is 2. The highest BCUT2D eigenvalue weighted by molar-refractivity contribution is 7.99. The van der Waals surface area contributed by atoms with Gasteiger partial charge in [-0.3, -0.25) is 0 Å². The van der Waals surface area contributed by atoms with Gasteiger partial charge in [-0.2, -0.15) is 0 Å². The van der Waals surface area contributed by atoms with Crippen LogP contribution in [-0.4, -0.2) is 9.97 Å². The van der Waals surface area contributed by atoms with Gasteiger partial charge in [0.25, 0.3) is 0 Å². The minimum absolute atomic E-state index is 0.286. The molecular weight excluding hydrogens is 266 g/mol. The van der Waals surface area contributed by atoms with E-state index in [1.165, 1.54) is 23.9 Å². The number of aryl methyl sites for hydroxylation is 1. The summed E-state index contributed by atoms with van der Waals surface area (Å²) in [5.41, 5.74) is 1.01. The quantitative estimate of drug-likeness (QED) is 0.892. The summed E-state index contributed by atoms with van der Waals surface area (Å²) in [7, 11) is 0. The van der Waals surface area contributed by atoms with E-state index in [0.29, 0.717) is 4.90 Å². The molecule has 1 heterocycles. The van der Waals surface area contributed by atoms with Crippen molar-refractivity contribution in [3.63, 3.8) is 0 Å². The van der Waals surface area contributed by atoms with Gasteiger partial charge in [-0.05, 0) is 18.1 Å². The van der Waals surface area contributed by atoms with E-state index in [-0.39, 0.29) is 5.92 Å². The highest BCUT2D eigenvalue weighted by Crippen LogP contribution is 2.33. The first-order valence-electron chi connectivity index (χ1n) is 6.22. The molecule has 0 aliphatic carbocycles. The molecule has 1 N–H and O–H groups in total. The molecule has 0 saturated carbocycles. The van der Waals surface area contributed by atoms with Crippen LogP contribution in [0.25, 0.3) is 0 Å². The lowest BCUT2D eigenvalue weighted by atomic mass is 10.2. The van der Waals surface area contributed by atoms with Crippen LogP contribution in [-0.2, 0) is 6.42 Å². The van der Waals surface area contributed by atoms with E-state index < -0.39 is 11.6 Å². The summed E-state index contributed by atoms with van der Waals surface area (Å²) in [6.07, 6.45) is 0.803. The van der Waals surface area contributed by atoms with Crippen LogP contribution in [0.3, 0.4) is 0 Å². The highest BCUT2D eigenvalue weighted by Gasteiger charge is 2.14. The van der Waals surface area contributed by atoms with Crippen molar-refractivity contribution in [3.05, 3.63) is 41.4 Å². The number of rotatable bonds is 4. The Bertz CT molecular complexity index is 559. The molecule has 0 saturated heterocycles. The predicted octanol–water partition coefficient (Wildman–Crippen LogP) is 4.52. The fraction of sp³-hybridized carbons (Fsp3) is 0.357. The van der Waals surface area contributed by atoms with Crippen molar-refractivity contribution in [2.45, 2.75) is 43.0 Å². The van der Waals surface area contributed by atoms with Crippen LogP contribution in [0.2, 0.25) is 0 Å². The summed E-state index contributed by atoms with van der Waals surface area (Å²) in [6, 6.07) is 3.51. The molecule has 0 unspecified atom stereocenters. The summed E-state index contributed by atoms with van der Waals surface area (Å²) in [6.45, 7) is 6.13. The number of hydrogen-bond acceptors (Lipinski definition) is 2. The fourth-order valence-corrected chi connectivity index (χ4v) is 2.87. The van der Waals surface area contributed by atoms with Gasteiger partial charge in [0.1, 0.15) is 22.5 Å². The van der Waals surface area contributed by atoms with E-state index >= 15 is 0 Å². The number of aromatic amines is 1. The van der Waals surface area contributed by atoms with Gasteiger partial charge in [-0.15, -0.1) is 0 Å². The number of benzene rings is 1. The lowest BCUT2D eigenvalue weighted by Crippen LogP contribution is -1.90. The molecule has 0 fully saturated rings. The van der Waals surface area contributed by atoms with Gasteiger partial charge in [0.15, 0.2) is 0 Å². The maximum atomic E-state index is 13.2. The summed E-state index contributed by atoms with van der Waals surface area (Å²) in [4.78, 5) is 8.25. The van der Waals surface area contributed by atoms with Gasteiger partial charge in [-0.25, -0.2) is 13.8 Å². The van der Waals surface area contributed by atoms with Crippen LogP contribution in [0.5, 0.6) is 0 Å². The van der Waals surface area contributed by atoms with Crippen LogP contribution < -0.4 is 0 Å². The largest absolute Gasteiger partial charge is 0.345 e. The number of imidazole rings is 1. The first-order valence-corrected chi connectivity index (χ1v) is 7.04. The van der Waals surface area contributed by atoms with E-state index in [9.17, 15) is 8.78 Å². The second-order valence-electron chi connectivity index (χ2n) is 4.62. The maximum Gasteiger partial charge on any atom is 0.127 e. The molecule has 1 aromatic heterocycles. The molecule has 19 heavy (non-hydrogen) atoms. The average Bonchev–Trinajstić information content (AvgIpc) is 2.71. The van der Waals surface area contributed by atoms with E-state index in [1.54, 1.807) is 0 Å². The molecule has 2 aromatic rings. The third kappa shape index (κ3) is 3.35. The van der Waals surface area contributed by atoms with E-state index in [0.717, 1.165) is 29.0 Å². The van der Waals surface area contributed by atoms with Gasteiger partial charge in [0.2, 0.25) is 0 Å². The minimum atomic E-state index is -0.570. The molecular formula is C14H16F2N2S. The van der Waals surface area contributed by atoms with Crippen molar-refractivity contribution in [2.24, 2.45) is 0 Å². The van der Waals surface area contributed by atoms with Gasteiger partial charge >= 0.3 is 0 Å². The normalized spacial score (nSPS) is 11.3. The standard InChI is InChI=1S/C14H16F2N2S/c1-4-12-17-13(8(2)3)14(18-12)19-11-6-9(15)5-10(16)7-11/h5-8H,4H2,1-3H3,(H,17,18). The Balaban J connectivity index is 2.34. The topological polar surface area (TPSA) is 28.7 Å². The van der Waals surface area contributed by atoms with Gasteiger partial charge < -0.3 is 4.98 Å². The van der Waals surface area contributed by atoms with Gasteiger partial charge in [0.05, 0.1) is 5.69 Å². The summed E-state index contributed by atoms with van der Waals surface area (Å²) in [5.74, 6) is 0.0384. The van der Waals surface area contributed by atoms with Gasteiger partial charge in [0, 0.05) is 17.4 Å². The third-order valence-corrected chi connectivity index (χ3v) is 3.68. The maximum absolute atomic E-state index is 13.2. The predicted molar refractivity (Wildman–Crippen MR) is 72.5 cm³/mol. The zero-order valence-electron chi connectivity index (χ0n) is 11.1. The van der Waals surface area contributed by atoms with Gasteiger partial charge in [-0.1, -0.05) is 32.5 Å². The molecule has 5 heteroatoms. The number of H-pyrrole nitrogens is 1. The molecule has 0 spiro atoms. The Hall–Kier alpha value is -1.36. The second-order valence-corrected chi connectivity index (χ2v) is 5.68. The first kappa shape index (κ1) is 14.1. The summed E-state index contributed by atoms with van der Waals surface area (Å²) >= 11 is 1.28. The molecule has 0 atom stereocenters. The smallest absolute Gasteiger partial charge is 0.127 e. The average molecular weight is 282 g/mol. The second kappa shape index (κ2) is 5.74. The lowest BCUT2D eigenvalue weighted by Gasteiger charge is -2.05. The van der Waals surface area contributed by atoms with Crippen LogP contribution in [0, 0.1) is 11.6 Å². The molecule has 0 aliphatic heterocycles. The van der Waals surface area contributed by atoms with Crippen molar-refractivity contribution < 1.29 is 8.78 Å². The van der Waals surface area contributed by atoms with E-state index in [1.807, 2.05) is 6.92 Å². The number of nitrogens with one attached hydrogen (secondary N) is 1. The van der Waals surface area contributed by atoms with Crippen LogP contribution in [0.15, 0.2) is 28.1 Å². The van der Waals surface area contributed by atoms with Crippen LogP contribution in [0.1, 0.15) is 38.2 Å². The van der Waals surface area contributed by atoms with Crippen molar-refractivity contribution in [2.75, 3.05) is 0 Å². The lowest BCUT2D eigenvalue weighted by molar-refractivity contribution is 0.577. The Morgan fingerprint density at radius 3 is 2.37 bits per heavy atom. The van der Waals surface area contributed by atoms with Crippen molar-refractivity contribution in [1.82, 2.24) is 9.97 Å². The van der Waals surface area contributed by atoms with Crippen molar-refractivity contribution in [1.29, 1.82) is 0 Å². The Labute approximate surface area is 115 Å². The van der Waals surface area contributed by atoms with E-state index in [4.69, 9.17) is 0 Å². The minimum Gasteiger partial charge on any atom is -0.345 e. The Kier molecular flexibility index (Phi) is 4.24. The SMILES string of the molecule is CCc1nc(Sc2cc(F)cc(F)c2)c(C(C)C)[nH]1. The monoisotopic (exact) mass is 282 g/mol. The third-order valence-electron chi connectivity index (χ3n) is 2.71.